The molecule has 1 unspecified atom stereocenters. The third-order valence-corrected chi connectivity index (χ3v) is 4.14. The molecule has 1 aromatic rings. The summed E-state index contributed by atoms with van der Waals surface area (Å²) >= 11 is 0. The van der Waals surface area contributed by atoms with E-state index in [2.05, 4.69) is 34.6 Å². The number of carbonyl (C=O) groups is 1. The van der Waals surface area contributed by atoms with Crippen molar-refractivity contribution >= 4 is 11.8 Å². The summed E-state index contributed by atoms with van der Waals surface area (Å²) in [5.74, 6) is 1.05. The van der Waals surface area contributed by atoms with E-state index < -0.39 is 6.09 Å². The second-order valence-corrected chi connectivity index (χ2v) is 7.79. The van der Waals surface area contributed by atoms with Crippen LogP contribution in [0.3, 0.4) is 0 Å². The normalized spacial score (nSPS) is 18.0. The quantitative estimate of drug-likeness (QED) is 0.827. The number of hydrogen-bond donors (Lipinski definition) is 2. The Bertz CT molecular complexity index is 591. The van der Waals surface area contributed by atoms with E-state index in [0.717, 1.165) is 11.1 Å². The van der Waals surface area contributed by atoms with Crippen LogP contribution in [0.1, 0.15) is 51.8 Å². The Morgan fingerprint density at radius 2 is 2.09 bits per heavy atom. The SMILES string of the molecule is CC(C)COc1cc2c(cc1N)CCN(C(=O)O)C2C(C)(C)C. The number of fused-ring (bicyclic) bond motifs is 1. The zero-order chi connectivity index (χ0) is 17.4. The molecule has 0 fully saturated rings. The first-order valence-electron chi connectivity index (χ1n) is 8.16. The predicted molar refractivity (Wildman–Crippen MR) is 91.8 cm³/mol. The molecule has 5 heteroatoms. The number of carboxylic acid groups (broad SMARTS) is 1. The van der Waals surface area contributed by atoms with Crippen molar-refractivity contribution in [1.82, 2.24) is 4.90 Å². The van der Waals surface area contributed by atoms with E-state index >= 15 is 0 Å². The van der Waals surface area contributed by atoms with Gasteiger partial charge in [-0.2, -0.15) is 0 Å². The first kappa shape index (κ1) is 17.4. The fourth-order valence-corrected chi connectivity index (χ4v) is 3.19. The number of ether oxygens (including phenoxy) is 1. The molecule has 3 N–H and O–H groups in total. The van der Waals surface area contributed by atoms with E-state index in [0.29, 0.717) is 36.9 Å². The molecule has 0 aromatic heterocycles. The molecule has 0 aliphatic carbocycles. The molecule has 1 atom stereocenters. The minimum absolute atomic E-state index is 0.203. The molecule has 1 heterocycles. The first-order valence-corrected chi connectivity index (χ1v) is 8.16. The molecule has 0 radical (unpaired) electrons. The molecule has 1 aliphatic rings. The maximum atomic E-state index is 11.7. The molecular weight excluding hydrogens is 292 g/mol. The van der Waals surface area contributed by atoms with Gasteiger partial charge in [0.1, 0.15) is 5.75 Å². The van der Waals surface area contributed by atoms with Gasteiger partial charge in [0.2, 0.25) is 0 Å². The monoisotopic (exact) mass is 320 g/mol. The molecule has 0 saturated heterocycles. The van der Waals surface area contributed by atoms with Gasteiger partial charge in [-0.1, -0.05) is 34.6 Å². The van der Waals surface area contributed by atoms with Gasteiger partial charge in [0.05, 0.1) is 18.3 Å². The van der Waals surface area contributed by atoms with Crippen molar-refractivity contribution in [1.29, 1.82) is 0 Å². The van der Waals surface area contributed by atoms with Crippen molar-refractivity contribution in [3.05, 3.63) is 23.3 Å². The van der Waals surface area contributed by atoms with Crippen LogP contribution in [0.2, 0.25) is 0 Å². The zero-order valence-corrected chi connectivity index (χ0v) is 14.7. The molecule has 0 spiro atoms. The molecule has 1 amide bonds. The minimum Gasteiger partial charge on any atom is -0.491 e. The van der Waals surface area contributed by atoms with Crippen molar-refractivity contribution < 1.29 is 14.6 Å². The third-order valence-electron chi connectivity index (χ3n) is 4.14. The standard InChI is InChI=1S/C18H28N2O3/c1-11(2)10-23-15-9-13-12(8-14(15)19)6-7-20(17(21)22)16(13)18(3,4)5/h8-9,11,16H,6-7,10,19H2,1-5H3,(H,21,22). The van der Waals surface area contributed by atoms with Crippen LogP contribution in [0.4, 0.5) is 10.5 Å². The Morgan fingerprint density at radius 1 is 1.43 bits per heavy atom. The molecule has 128 valence electrons. The lowest BCUT2D eigenvalue weighted by Gasteiger charge is -2.43. The minimum atomic E-state index is -0.878. The van der Waals surface area contributed by atoms with Crippen molar-refractivity contribution in [2.24, 2.45) is 11.3 Å². The first-order chi connectivity index (χ1) is 10.6. The molecule has 0 saturated carbocycles. The van der Waals surface area contributed by atoms with Gasteiger partial charge in [-0.15, -0.1) is 0 Å². The highest BCUT2D eigenvalue weighted by atomic mass is 16.5. The van der Waals surface area contributed by atoms with Crippen molar-refractivity contribution in [2.75, 3.05) is 18.9 Å². The van der Waals surface area contributed by atoms with Crippen molar-refractivity contribution in [3.63, 3.8) is 0 Å². The van der Waals surface area contributed by atoms with Gasteiger partial charge in [-0.05, 0) is 41.0 Å². The summed E-state index contributed by atoms with van der Waals surface area (Å²) in [6, 6.07) is 3.69. The van der Waals surface area contributed by atoms with Gasteiger partial charge >= 0.3 is 6.09 Å². The fraction of sp³-hybridized carbons (Fsp3) is 0.611. The van der Waals surface area contributed by atoms with E-state index in [-0.39, 0.29) is 11.5 Å². The molecular formula is C18H28N2O3. The van der Waals surface area contributed by atoms with Gasteiger partial charge in [-0.3, -0.25) is 0 Å². The van der Waals surface area contributed by atoms with Crippen LogP contribution in [0, 0.1) is 11.3 Å². The highest BCUT2D eigenvalue weighted by Crippen LogP contribution is 2.44. The summed E-state index contributed by atoms with van der Waals surface area (Å²) < 4.78 is 5.83. The maximum Gasteiger partial charge on any atom is 0.407 e. The van der Waals surface area contributed by atoms with Crippen LogP contribution >= 0.6 is 0 Å². The van der Waals surface area contributed by atoms with Crippen LogP contribution < -0.4 is 10.5 Å². The van der Waals surface area contributed by atoms with E-state index in [1.165, 1.54) is 4.90 Å². The lowest BCUT2D eigenvalue weighted by atomic mass is 9.77. The third kappa shape index (κ3) is 3.71. The topological polar surface area (TPSA) is 75.8 Å². The number of benzene rings is 1. The van der Waals surface area contributed by atoms with Gasteiger partial charge in [0.15, 0.2) is 0 Å². The second kappa shape index (κ2) is 6.30. The molecule has 0 bridgehead atoms. The number of nitrogens with two attached hydrogens (primary N) is 1. The summed E-state index contributed by atoms with van der Waals surface area (Å²) in [6.45, 7) is 11.4. The molecule has 23 heavy (non-hydrogen) atoms. The zero-order valence-electron chi connectivity index (χ0n) is 14.7. The summed E-state index contributed by atoms with van der Waals surface area (Å²) in [7, 11) is 0. The predicted octanol–water partition coefficient (Wildman–Crippen LogP) is 3.93. The van der Waals surface area contributed by atoms with E-state index in [9.17, 15) is 9.90 Å². The Hall–Kier alpha value is -1.91. The number of amides is 1. The van der Waals surface area contributed by atoms with E-state index in [4.69, 9.17) is 10.5 Å². The summed E-state index contributed by atoms with van der Waals surface area (Å²) in [4.78, 5) is 13.2. The van der Waals surface area contributed by atoms with E-state index in [1.54, 1.807) is 0 Å². The van der Waals surface area contributed by atoms with Crippen molar-refractivity contribution in [2.45, 2.75) is 47.1 Å². The van der Waals surface area contributed by atoms with Gasteiger partial charge < -0.3 is 20.5 Å². The fourth-order valence-electron chi connectivity index (χ4n) is 3.19. The van der Waals surface area contributed by atoms with Gasteiger partial charge in [0.25, 0.3) is 0 Å². The van der Waals surface area contributed by atoms with Crippen molar-refractivity contribution in [3.8, 4) is 5.75 Å². The number of hydrogen-bond acceptors (Lipinski definition) is 3. The lowest BCUT2D eigenvalue weighted by Crippen LogP contribution is -2.44. The number of anilines is 1. The highest BCUT2D eigenvalue weighted by molar-refractivity contribution is 5.68. The Morgan fingerprint density at radius 3 is 2.61 bits per heavy atom. The van der Waals surface area contributed by atoms with Crippen LogP contribution in [0.5, 0.6) is 5.75 Å². The largest absolute Gasteiger partial charge is 0.491 e. The van der Waals surface area contributed by atoms with Crippen LogP contribution in [-0.2, 0) is 6.42 Å². The van der Waals surface area contributed by atoms with Crippen LogP contribution in [-0.4, -0.2) is 29.3 Å². The van der Waals surface area contributed by atoms with Gasteiger partial charge in [0, 0.05) is 6.54 Å². The number of rotatable bonds is 3. The second-order valence-electron chi connectivity index (χ2n) is 7.79. The molecule has 1 aliphatic heterocycles. The van der Waals surface area contributed by atoms with Gasteiger partial charge in [-0.25, -0.2) is 4.79 Å². The Balaban J connectivity index is 2.47. The summed E-state index contributed by atoms with van der Waals surface area (Å²) in [5, 5.41) is 9.57. The highest BCUT2D eigenvalue weighted by Gasteiger charge is 2.39. The number of nitrogens with zero attached hydrogens (tertiary/aromatic N) is 1. The Kier molecular flexibility index (Phi) is 4.78. The Labute approximate surface area is 138 Å². The average molecular weight is 320 g/mol. The smallest absolute Gasteiger partial charge is 0.407 e. The lowest BCUT2D eigenvalue weighted by molar-refractivity contribution is 0.0757. The molecule has 5 nitrogen and oxygen atoms in total. The number of nitrogen functional groups attached to an aromatic ring is 1. The summed E-state index contributed by atoms with van der Waals surface area (Å²) in [6.07, 6.45) is -0.194. The van der Waals surface area contributed by atoms with E-state index in [1.807, 2.05) is 12.1 Å². The van der Waals surface area contributed by atoms with Crippen LogP contribution in [0.15, 0.2) is 12.1 Å². The molecule has 2 rings (SSSR count). The van der Waals surface area contributed by atoms with Crippen LogP contribution in [0.25, 0.3) is 0 Å². The summed E-state index contributed by atoms with van der Waals surface area (Å²) in [5.41, 5.74) is 8.68. The molecule has 1 aromatic carbocycles. The average Bonchev–Trinajstić information content (AvgIpc) is 2.42. The maximum absolute atomic E-state index is 11.7.